The molecule has 1 fully saturated rings. The van der Waals surface area contributed by atoms with Crippen molar-refractivity contribution in [3.63, 3.8) is 0 Å². The van der Waals surface area contributed by atoms with Crippen molar-refractivity contribution < 1.29 is 14.6 Å². The summed E-state index contributed by atoms with van der Waals surface area (Å²) in [6.45, 7) is 4.54. The van der Waals surface area contributed by atoms with E-state index in [2.05, 4.69) is 22.8 Å². The van der Waals surface area contributed by atoms with Gasteiger partial charge in [0.1, 0.15) is 11.5 Å². The molecular formula is C22H29N3O3. The second-order valence-electron chi connectivity index (χ2n) is 7.07. The number of aromatic hydroxyl groups is 1. The number of benzene rings is 2. The van der Waals surface area contributed by atoms with Crippen molar-refractivity contribution in [2.45, 2.75) is 31.8 Å². The third-order valence-electron chi connectivity index (χ3n) is 5.27. The van der Waals surface area contributed by atoms with Crippen LogP contribution in [0.25, 0.3) is 0 Å². The molecule has 0 saturated carbocycles. The number of carbonyl (C=O) groups is 1. The average molecular weight is 383 g/mol. The van der Waals surface area contributed by atoms with Gasteiger partial charge in [-0.15, -0.1) is 0 Å². The molecule has 0 aromatic heterocycles. The summed E-state index contributed by atoms with van der Waals surface area (Å²) in [7, 11) is 1.63. The summed E-state index contributed by atoms with van der Waals surface area (Å²) in [6, 6.07) is 15.7. The fourth-order valence-corrected chi connectivity index (χ4v) is 3.83. The van der Waals surface area contributed by atoms with E-state index in [-0.39, 0.29) is 23.7 Å². The molecule has 1 saturated heterocycles. The standard InChI is InChI=1S/C22H29N3O3/c1-3-23-22(27)25-12-11-20(19(15-25)16-7-5-4-6-8-16)24-14-17-13-18(26)9-10-21(17)28-2/h4-10,13,19-20,24,26H,3,11-12,14-15H2,1-2H3,(H,23,27). The summed E-state index contributed by atoms with van der Waals surface area (Å²) in [5, 5.41) is 16.3. The Morgan fingerprint density at radius 3 is 2.75 bits per heavy atom. The lowest BCUT2D eigenvalue weighted by molar-refractivity contribution is 0.165. The molecule has 3 rings (SSSR count). The Hall–Kier alpha value is -2.73. The first-order chi connectivity index (χ1) is 13.6. The lowest BCUT2D eigenvalue weighted by atomic mass is 9.86. The van der Waals surface area contributed by atoms with Gasteiger partial charge in [-0.3, -0.25) is 0 Å². The molecule has 0 bridgehead atoms. The monoisotopic (exact) mass is 383 g/mol. The van der Waals surface area contributed by atoms with Gasteiger partial charge in [-0.25, -0.2) is 4.79 Å². The quantitative estimate of drug-likeness (QED) is 0.717. The molecule has 1 aliphatic heterocycles. The van der Waals surface area contributed by atoms with Crippen molar-refractivity contribution in [3.05, 3.63) is 59.7 Å². The molecule has 2 unspecified atom stereocenters. The lowest BCUT2D eigenvalue weighted by Crippen LogP contribution is -2.52. The number of phenols is 1. The van der Waals surface area contributed by atoms with Crippen LogP contribution in [0.15, 0.2) is 48.5 Å². The molecular weight excluding hydrogens is 354 g/mol. The van der Waals surface area contributed by atoms with Crippen LogP contribution in [0.3, 0.4) is 0 Å². The molecule has 2 amide bonds. The molecule has 0 radical (unpaired) electrons. The van der Waals surface area contributed by atoms with Crippen LogP contribution in [0.5, 0.6) is 11.5 Å². The summed E-state index contributed by atoms with van der Waals surface area (Å²) < 4.78 is 5.41. The number of rotatable bonds is 6. The Morgan fingerprint density at radius 2 is 2.04 bits per heavy atom. The van der Waals surface area contributed by atoms with E-state index in [0.717, 1.165) is 17.7 Å². The fourth-order valence-electron chi connectivity index (χ4n) is 3.83. The van der Waals surface area contributed by atoms with Crippen LogP contribution < -0.4 is 15.4 Å². The van der Waals surface area contributed by atoms with Crippen LogP contribution in [0.4, 0.5) is 4.79 Å². The van der Waals surface area contributed by atoms with E-state index in [1.54, 1.807) is 25.3 Å². The number of nitrogens with zero attached hydrogens (tertiary/aromatic N) is 1. The molecule has 2 atom stereocenters. The van der Waals surface area contributed by atoms with Gasteiger partial charge in [0.05, 0.1) is 7.11 Å². The van der Waals surface area contributed by atoms with E-state index in [1.807, 2.05) is 30.0 Å². The first-order valence-electron chi connectivity index (χ1n) is 9.79. The summed E-state index contributed by atoms with van der Waals surface area (Å²) in [5.74, 6) is 1.17. The Balaban J connectivity index is 1.75. The van der Waals surface area contributed by atoms with Crippen molar-refractivity contribution in [1.82, 2.24) is 15.5 Å². The normalized spacial score (nSPS) is 19.3. The number of hydrogen-bond acceptors (Lipinski definition) is 4. The summed E-state index contributed by atoms with van der Waals surface area (Å²) in [4.78, 5) is 14.2. The van der Waals surface area contributed by atoms with E-state index in [0.29, 0.717) is 26.2 Å². The minimum absolute atomic E-state index is 0.00321. The molecule has 0 spiro atoms. The Kier molecular flexibility index (Phi) is 6.76. The van der Waals surface area contributed by atoms with E-state index >= 15 is 0 Å². The highest BCUT2D eigenvalue weighted by Gasteiger charge is 2.32. The largest absolute Gasteiger partial charge is 0.508 e. The van der Waals surface area contributed by atoms with Gasteiger partial charge in [0.2, 0.25) is 0 Å². The molecule has 1 aliphatic rings. The van der Waals surface area contributed by atoms with Gasteiger partial charge in [0.25, 0.3) is 0 Å². The summed E-state index contributed by atoms with van der Waals surface area (Å²) in [6.07, 6.45) is 0.859. The van der Waals surface area contributed by atoms with Gasteiger partial charge >= 0.3 is 6.03 Å². The number of carbonyl (C=O) groups excluding carboxylic acids is 1. The van der Waals surface area contributed by atoms with Gasteiger partial charge in [-0.2, -0.15) is 0 Å². The average Bonchev–Trinajstić information content (AvgIpc) is 2.73. The number of urea groups is 1. The summed E-state index contributed by atoms with van der Waals surface area (Å²) >= 11 is 0. The zero-order valence-corrected chi connectivity index (χ0v) is 16.5. The molecule has 2 aromatic rings. The van der Waals surface area contributed by atoms with Crippen LogP contribution in [0.2, 0.25) is 0 Å². The van der Waals surface area contributed by atoms with Gasteiger partial charge in [0.15, 0.2) is 0 Å². The SMILES string of the molecule is CCNC(=O)N1CCC(NCc2cc(O)ccc2OC)C(c2ccccc2)C1. The molecule has 6 heteroatoms. The minimum Gasteiger partial charge on any atom is -0.508 e. The van der Waals surface area contributed by atoms with Gasteiger partial charge in [0, 0.05) is 43.7 Å². The van der Waals surface area contributed by atoms with E-state index in [1.165, 1.54) is 5.56 Å². The van der Waals surface area contributed by atoms with Crippen LogP contribution in [0, 0.1) is 0 Å². The fraction of sp³-hybridized carbons (Fsp3) is 0.409. The zero-order chi connectivity index (χ0) is 19.9. The second-order valence-corrected chi connectivity index (χ2v) is 7.07. The maximum atomic E-state index is 12.3. The molecule has 0 aliphatic carbocycles. The maximum absolute atomic E-state index is 12.3. The second kappa shape index (κ2) is 9.46. The first-order valence-corrected chi connectivity index (χ1v) is 9.79. The van der Waals surface area contributed by atoms with E-state index < -0.39 is 0 Å². The summed E-state index contributed by atoms with van der Waals surface area (Å²) in [5.41, 5.74) is 2.14. The Morgan fingerprint density at radius 1 is 1.25 bits per heavy atom. The van der Waals surface area contributed by atoms with Crippen molar-refractivity contribution >= 4 is 6.03 Å². The molecule has 2 aromatic carbocycles. The number of piperidine rings is 1. The smallest absolute Gasteiger partial charge is 0.317 e. The lowest BCUT2D eigenvalue weighted by Gasteiger charge is -2.39. The number of ether oxygens (including phenoxy) is 1. The van der Waals surface area contributed by atoms with Crippen LogP contribution in [-0.2, 0) is 6.54 Å². The minimum atomic E-state index is -0.00321. The van der Waals surface area contributed by atoms with Crippen LogP contribution in [0.1, 0.15) is 30.4 Å². The third kappa shape index (κ3) is 4.75. The first kappa shape index (κ1) is 20.0. The molecule has 28 heavy (non-hydrogen) atoms. The number of nitrogens with one attached hydrogen (secondary N) is 2. The molecule has 1 heterocycles. The number of likely N-dealkylation sites (tertiary alicyclic amines) is 1. The van der Waals surface area contributed by atoms with Crippen LogP contribution in [-0.4, -0.2) is 48.8 Å². The van der Waals surface area contributed by atoms with E-state index in [9.17, 15) is 9.90 Å². The van der Waals surface area contributed by atoms with Crippen molar-refractivity contribution in [1.29, 1.82) is 0 Å². The van der Waals surface area contributed by atoms with Gasteiger partial charge < -0.3 is 25.4 Å². The highest BCUT2D eigenvalue weighted by molar-refractivity contribution is 5.74. The van der Waals surface area contributed by atoms with E-state index in [4.69, 9.17) is 4.74 Å². The predicted octanol–water partition coefficient (Wildman–Crippen LogP) is 3.08. The topological polar surface area (TPSA) is 73.8 Å². The van der Waals surface area contributed by atoms with Crippen molar-refractivity contribution in [3.8, 4) is 11.5 Å². The predicted molar refractivity (Wildman–Crippen MR) is 110 cm³/mol. The zero-order valence-electron chi connectivity index (χ0n) is 16.5. The number of phenolic OH excluding ortho intramolecular Hbond substituents is 1. The van der Waals surface area contributed by atoms with Gasteiger partial charge in [-0.05, 0) is 37.1 Å². The highest BCUT2D eigenvalue weighted by atomic mass is 16.5. The van der Waals surface area contributed by atoms with Crippen molar-refractivity contribution in [2.75, 3.05) is 26.7 Å². The highest BCUT2D eigenvalue weighted by Crippen LogP contribution is 2.29. The Labute approximate surface area is 166 Å². The third-order valence-corrected chi connectivity index (χ3v) is 5.27. The number of methoxy groups -OCH3 is 1. The number of amides is 2. The Bertz CT molecular complexity index is 782. The molecule has 150 valence electrons. The van der Waals surface area contributed by atoms with Crippen LogP contribution >= 0.6 is 0 Å². The molecule has 6 nitrogen and oxygen atoms in total. The maximum Gasteiger partial charge on any atom is 0.317 e. The van der Waals surface area contributed by atoms with Crippen molar-refractivity contribution in [2.24, 2.45) is 0 Å². The van der Waals surface area contributed by atoms with Gasteiger partial charge in [-0.1, -0.05) is 30.3 Å². The number of hydrogen-bond donors (Lipinski definition) is 3. The molecule has 3 N–H and O–H groups in total.